The number of ether oxygens (including phenoxy) is 2. The van der Waals surface area contributed by atoms with Crippen LogP contribution in [0.3, 0.4) is 0 Å². The standard InChI is InChI=1S/C15H22O4/c1-18-12-6-8-14(9-7-12)19-13-4-2-11(3-5-13)15(17)10-16/h2-5,12,14-17H,6-10H2,1H3. The van der Waals surface area contributed by atoms with E-state index in [0.717, 1.165) is 31.4 Å². The highest BCUT2D eigenvalue weighted by atomic mass is 16.5. The molecule has 1 aliphatic carbocycles. The lowest BCUT2D eigenvalue weighted by molar-refractivity contribution is 0.0327. The van der Waals surface area contributed by atoms with Crippen LogP contribution in [0.5, 0.6) is 5.75 Å². The minimum absolute atomic E-state index is 0.250. The van der Waals surface area contributed by atoms with Gasteiger partial charge in [-0.1, -0.05) is 12.1 Å². The largest absolute Gasteiger partial charge is 0.490 e. The summed E-state index contributed by atoms with van der Waals surface area (Å²) in [5, 5.41) is 18.4. The lowest BCUT2D eigenvalue weighted by Gasteiger charge is -2.28. The van der Waals surface area contributed by atoms with E-state index < -0.39 is 6.10 Å². The Hall–Kier alpha value is -1.10. The van der Waals surface area contributed by atoms with Gasteiger partial charge in [0.05, 0.1) is 18.8 Å². The van der Waals surface area contributed by atoms with Crippen LogP contribution in [0.1, 0.15) is 37.4 Å². The smallest absolute Gasteiger partial charge is 0.119 e. The van der Waals surface area contributed by atoms with Crippen molar-refractivity contribution in [2.24, 2.45) is 0 Å². The van der Waals surface area contributed by atoms with E-state index in [0.29, 0.717) is 11.7 Å². The van der Waals surface area contributed by atoms with Crippen LogP contribution >= 0.6 is 0 Å². The molecule has 0 aromatic heterocycles. The van der Waals surface area contributed by atoms with Crippen LogP contribution in [0.2, 0.25) is 0 Å². The molecule has 106 valence electrons. The molecular weight excluding hydrogens is 244 g/mol. The summed E-state index contributed by atoms with van der Waals surface area (Å²) in [5.74, 6) is 0.815. The highest BCUT2D eigenvalue weighted by Crippen LogP contribution is 2.26. The SMILES string of the molecule is COC1CCC(Oc2ccc(C(O)CO)cc2)CC1. The lowest BCUT2D eigenvalue weighted by atomic mass is 9.95. The van der Waals surface area contributed by atoms with Crippen LogP contribution in [-0.2, 0) is 4.74 Å². The highest BCUT2D eigenvalue weighted by molar-refractivity contribution is 5.28. The summed E-state index contributed by atoms with van der Waals surface area (Å²) in [5.41, 5.74) is 0.706. The third-order valence-corrected chi connectivity index (χ3v) is 3.70. The molecule has 0 radical (unpaired) electrons. The summed E-state index contributed by atoms with van der Waals surface area (Å²) >= 11 is 0. The molecule has 1 atom stereocenters. The Morgan fingerprint density at radius 3 is 2.21 bits per heavy atom. The van der Waals surface area contributed by atoms with Gasteiger partial charge >= 0.3 is 0 Å². The predicted molar refractivity (Wildman–Crippen MR) is 72.2 cm³/mol. The molecule has 1 aromatic rings. The molecule has 2 rings (SSSR count). The summed E-state index contributed by atoms with van der Waals surface area (Å²) in [6.07, 6.45) is 3.93. The molecule has 1 unspecified atom stereocenters. The van der Waals surface area contributed by atoms with Crippen molar-refractivity contribution in [3.8, 4) is 5.75 Å². The normalized spacial score (nSPS) is 25.0. The number of methoxy groups -OCH3 is 1. The van der Waals surface area contributed by atoms with Crippen LogP contribution in [0.25, 0.3) is 0 Å². The summed E-state index contributed by atoms with van der Waals surface area (Å²) in [6, 6.07) is 7.27. The van der Waals surface area contributed by atoms with Gasteiger partial charge in [-0.3, -0.25) is 0 Å². The fraction of sp³-hybridized carbons (Fsp3) is 0.600. The third kappa shape index (κ3) is 3.93. The van der Waals surface area contributed by atoms with E-state index in [1.807, 2.05) is 12.1 Å². The first-order valence-corrected chi connectivity index (χ1v) is 6.81. The molecule has 2 N–H and O–H groups in total. The van der Waals surface area contributed by atoms with Crippen molar-refractivity contribution in [1.82, 2.24) is 0 Å². The van der Waals surface area contributed by atoms with E-state index in [9.17, 15) is 5.11 Å². The van der Waals surface area contributed by atoms with Gasteiger partial charge in [-0.2, -0.15) is 0 Å². The molecule has 1 aliphatic rings. The molecule has 0 aliphatic heterocycles. The quantitative estimate of drug-likeness (QED) is 0.856. The average molecular weight is 266 g/mol. The second-order valence-corrected chi connectivity index (χ2v) is 5.02. The Bertz CT molecular complexity index is 368. The maximum atomic E-state index is 9.49. The molecule has 4 nitrogen and oxygen atoms in total. The van der Waals surface area contributed by atoms with Crippen LogP contribution in [0, 0.1) is 0 Å². The van der Waals surface area contributed by atoms with E-state index in [4.69, 9.17) is 14.6 Å². The van der Waals surface area contributed by atoms with Crippen LogP contribution in [-0.4, -0.2) is 36.1 Å². The number of aliphatic hydroxyl groups is 2. The zero-order valence-electron chi connectivity index (χ0n) is 11.3. The molecule has 1 fully saturated rings. The monoisotopic (exact) mass is 266 g/mol. The summed E-state index contributed by atoms with van der Waals surface area (Å²) in [7, 11) is 1.76. The third-order valence-electron chi connectivity index (χ3n) is 3.70. The van der Waals surface area contributed by atoms with Gasteiger partial charge < -0.3 is 19.7 Å². The molecule has 0 saturated heterocycles. The molecule has 0 heterocycles. The van der Waals surface area contributed by atoms with Crippen LogP contribution < -0.4 is 4.74 Å². The minimum atomic E-state index is -0.814. The van der Waals surface area contributed by atoms with Crippen LogP contribution in [0.4, 0.5) is 0 Å². The predicted octanol–water partition coefficient (Wildman–Crippen LogP) is 2.05. The number of rotatable bonds is 5. The second kappa shape index (κ2) is 6.89. The zero-order chi connectivity index (χ0) is 13.7. The molecule has 0 bridgehead atoms. The van der Waals surface area contributed by atoms with Crippen molar-refractivity contribution in [2.45, 2.75) is 44.0 Å². The fourth-order valence-electron chi connectivity index (χ4n) is 2.45. The van der Waals surface area contributed by atoms with E-state index in [-0.39, 0.29) is 12.7 Å². The molecular formula is C15H22O4. The Morgan fingerprint density at radius 1 is 1.11 bits per heavy atom. The van der Waals surface area contributed by atoms with Crippen molar-refractivity contribution < 1.29 is 19.7 Å². The van der Waals surface area contributed by atoms with Crippen molar-refractivity contribution in [2.75, 3.05) is 13.7 Å². The van der Waals surface area contributed by atoms with Gasteiger partial charge in [0, 0.05) is 7.11 Å². The maximum absolute atomic E-state index is 9.49. The Labute approximate surface area is 114 Å². The second-order valence-electron chi connectivity index (χ2n) is 5.02. The zero-order valence-corrected chi connectivity index (χ0v) is 11.3. The van der Waals surface area contributed by atoms with Gasteiger partial charge in [0.1, 0.15) is 11.9 Å². The van der Waals surface area contributed by atoms with Gasteiger partial charge in [-0.25, -0.2) is 0 Å². The number of benzene rings is 1. The first kappa shape index (κ1) is 14.3. The lowest BCUT2D eigenvalue weighted by Crippen LogP contribution is -2.27. The first-order valence-electron chi connectivity index (χ1n) is 6.81. The van der Waals surface area contributed by atoms with Crippen molar-refractivity contribution in [1.29, 1.82) is 0 Å². The van der Waals surface area contributed by atoms with E-state index in [1.165, 1.54) is 0 Å². The van der Waals surface area contributed by atoms with Crippen molar-refractivity contribution in [3.05, 3.63) is 29.8 Å². The Kier molecular flexibility index (Phi) is 5.19. The van der Waals surface area contributed by atoms with Crippen LogP contribution in [0.15, 0.2) is 24.3 Å². The van der Waals surface area contributed by atoms with Crippen molar-refractivity contribution in [3.63, 3.8) is 0 Å². The summed E-state index contributed by atoms with van der Waals surface area (Å²) in [4.78, 5) is 0. The molecule has 0 amide bonds. The molecule has 0 spiro atoms. The summed E-state index contributed by atoms with van der Waals surface area (Å²) in [6.45, 7) is -0.263. The van der Waals surface area contributed by atoms with E-state index in [2.05, 4.69) is 0 Å². The van der Waals surface area contributed by atoms with Gasteiger partial charge in [0.25, 0.3) is 0 Å². The first-order chi connectivity index (χ1) is 9.22. The molecule has 1 aromatic carbocycles. The number of hydrogen-bond acceptors (Lipinski definition) is 4. The van der Waals surface area contributed by atoms with Crippen molar-refractivity contribution >= 4 is 0 Å². The summed E-state index contributed by atoms with van der Waals surface area (Å²) < 4.78 is 11.3. The van der Waals surface area contributed by atoms with Gasteiger partial charge in [0.15, 0.2) is 0 Å². The fourth-order valence-corrected chi connectivity index (χ4v) is 2.45. The van der Waals surface area contributed by atoms with Gasteiger partial charge in [0.2, 0.25) is 0 Å². The highest BCUT2D eigenvalue weighted by Gasteiger charge is 2.22. The molecule has 1 saturated carbocycles. The molecule has 19 heavy (non-hydrogen) atoms. The Morgan fingerprint density at radius 2 is 1.68 bits per heavy atom. The maximum Gasteiger partial charge on any atom is 0.119 e. The van der Waals surface area contributed by atoms with E-state index >= 15 is 0 Å². The number of hydrogen-bond donors (Lipinski definition) is 2. The Balaban J connectivity index is 1.86. The topological polar surface area (TPSA) is 58.9 Å². The number of aliphatic hydroxyl groups excluding tert-OH is 2. The average Bonchev–Trinajstić information content (AvgIpc) is 2.48. The van der Waals surface area contributed by atoms with Gasteiger partial charge in [-0.15, -0.1) is 0 Å². The van der Waals surface area contributed by atoms with Gasteiger partial charge in [-0.05, 0) is 43.4 Å². The minimum Gasteiger partial charge on any atom is -0.490 e. The van der Waals surface area contributed by atoms with E-state index in [1.54, 1.807) is 19.2 Å². The molecule has 4 heteroatoms.